The highest BCUT2D eigenvalue weighted by molar-refractivity contribution is 7.73. The van der Waals surface area contributed by atoms with Gasteiger partial charge in [-0.15, -0.1) is 6.82 Å². The zero-order chi connectivity index (χ0) is 12.1. The van der Waals surface area contributed by atoms with Gasteiger partial charge in [-0.3, -0.25) is 0 Å². The Morgan fingerprint density at radius 3 is 1.44 bits per heavy atom. The van der Waals surface area contributed by atoms with Crippen LogP contribution in [0, 0.1) is 0 Å². The standard InChI is InChI=1S/CH19B15/c1-16(3)15-14-13-12-11-10-9-8-7-6-5-4-2/h4-15H,2-3H2,1H3. The van der Waals surface area contributed by atoms with Crippen molar-refractivity contribution < 1.29 is 0 Å². The van der Waals surface area contributed by atoms with Gasteiger partial charge in [0.1, 0.15) is 0 Å². The topological polar surface area (TPSA) is 0 Å². The lowest BCUT2D eigenvalue weighted by atomic mass is 8.84. The van der Waals surface area contributed by atoms with E-state index in [4.69, 9.17) is 0 Å². The van der Waals surface area contributed by atoms with Gasteiger partial charge < -0.3 is 0 Å². The Morgan fingerprint density at radius 1 is 0.688 bits per heavy atom. The Labute approximate surface area is 113 Å². The molecular formula is CH19B15. The summed E-state index contributed by atoms with van der Waals surface area (Å²) < 4.78 is 0. The lowest BCUT2D eigenvalue weighted by Crippen LogP contribution is -2.36. The van der Waals surface area contributed by atoms with Gasteiger partial charge in [-0.25, -0.2) is 0 Å². The van der Waals surface area contributed by atoms with Crippen LogP contribution in [0.1, 0.15) is 0 Å². The quantitative estimate of drug-likeness (QED) is 0.213. The molecule has 0 spiro atoms. The van der Waals surface area contributed by atoms with Crippen LogP contribution in [-0.2, 0) is 0 Å². The predicted octanol–water partition coefficient (Wildman–Crippen LogP) is -9.41. The minimum atomic E-state index is 0.901. The summed E-state index contributed by atoms with van der Waals surface area (Å²) in [5.74, 6) is 0. The van der Waals surface area contributed by atoms with Gasteiger partial charge in [0, 0.05) is 84.7 Å². The lowest BCUT2D eigenvalue weighted by Gasteiger charge is -1.95. The van der Waals surface area contributed by atoms with Gasteiger partial charge in [0.25, 0.3) is 0 Å². The van der Waals surface area contributed by atoms with Crippen LogP contribution in [0.5, 0.6) is 0 Å². The van der Waals surface area contributed by atoms with E-state index in [2.05, 4.69) is 22.3 Å². The van der Waals surface area contributed by atoms with Gasteiger partial charge in [-0.2, -0.15) is 0 Å². The molecule has 0 atom stereocenters. The molecule has 0 aliphatic rings. The monoisotopic (exact) mass is 196 g/mol. The Hall–Kier alpha value is 0.974. The summed E-state index contributed by atoms with van der Waals surface area (Å²) in [6.45, 7) is 3.23. The molecule has 0 rings (SSSR count). The number of hydrogen-bond donors (Lipinski definition) is 0. The molecule has 0 saturated carbocycles. The molecule has 0 unspecified atom stereocenters. The third-order valence-electron chi connectivity index (χ3n) is 3.39. The van der Waals surface area contributed by atoms with Crippen LogP contribution in [0.2, 0.25) is 6.82 Å². The van der Waals surface area contributed by atoms with Crippen molar-refractivity contribution >= 4 is 107 Å². The third kappa shape index (κ3) is 15.0. The summed E-state index contributed by atoms with van der Waals surface area (Å²) >= 11 is 0. The molecule has 68 valence electrons. The second-order valence-corrected chi connectivity index (χ2v) is 5.72. The molecule has 0 fully saturated rings. The minimum Gasteiger partial charge on any atom is -0.100 e. The Balaban J connectivity index is 2.88. The van der Waals surface area contributed by atoms with E-state index in [1.165, 1.54) is 84.7 Å². The molecule has 0 nitrogen and oxygen atoms in total. The first kappa shape index (κ1) is 17.0. The summed E-state index contributed by atoms with van der Waals surface area (Å²) in [5, 5.41) is 0. The second kappa shape index (κ2) is 14.0. The molecule has 0 radical (unpaired) electrons. The molecule has 0 aliphatic heterocycles. The molecule has 0 aromatic rings. The Kier molecular flexibility index (Phi) is 14.9. The minimum absolute atomic E-state index is 0.901. The zero-order valence-electron chi connectivity index (χ0n) is 12.1. The molecular weight excluding hydrogens is 174 g/mol. The molecule has 15 heteroatoms. The molecule has 0 saturated heterocycles. The first-order valence-electron chi connectivity index (χ1n) is 7.77. The van der Waals surface area contributed by atoms with E-state index >= 15 is 0 Å². The maximum absolute atomic E-state index is 2.33. The van der Waals surface area contributed by atoms with Crippen molar-refractivity contribution in [2.45, 2.75) is 6.82 Å². The van der Waals surface area contributed by atoms with Gasteiger partial charge >= 0.3 is 0 Å². The van der Waals surface area contributed by atoms with Crippen molar-refractivity contribution in [3.05, 3.63) is 0 Å². The van der Waals surface area contributed by atoms with Crippen LogP contribution < -0.4 is 0 Å². The largest absolute Gasteiger partial charge is 0.100 e. The summed E-state index contributed by atoms with van der Waals surface area (Å²) in [6.07, 6.45) is 0. The Bertz CT molecular complexity index is 121. The predicted molar refractivity (Wildman–Crippen MR) is 114 cm³/mol. The van der Waals surface area contributed by atoms with Crippen molar-refractivity contribution in [2.24, 2.45) is 0 Å². The first-order chi connectivity index (χ1) is 7.77. The molecule has 0 N–H and O–H groups in total. The Morgan fingerprint density at radius 2 is 1.06 bits per heavy atom. The summed E-state index contributed by atoms with van der Waals surface area (Å²) in [4.78, 5) is 0. The second-order valence-electron chi connectivity index (χ2n) is 5.72. The van der Waals surface area contributed by atoms with Gasteiger partial charge in [0.15, 0.2) is 0 Å². The fourth-order valence-electron chi connectivity index (χ4n) is 2.22. The van der Waals surface area contributed by atoms with Gasteiger partial charge in [0.05, 0.1) is 22.0 Å². The van der Waals surface area contributed by atoms with Crippen LogP contribution >= 0.6 is 0 Å². The van der Waals surface area contributed by atoms with Gasteiger partial charge in [-0.05, 0) is 0 Å². The molecule has 0 bridgehead atoms. The SMILES string of the molecule is BBBBBBBBBBBBBB(B)C. The van der Waals surface area contributed by atoms with E-state index in [1.807, 2.05) is 0 Å². The molecule has 0 aliphatic carbocycles. The van der Waals surface area contributed by atoms with Crippen molar-refractivity contribution in [3.63, 3.8) is 0 Å². The van der Waals surface area contributed by atoms with E-state index in [-0.39, 0.29) is 0 Å². The van der Waals surface area contributed by atoms with E-state index in [0.29, 0.717) is 0 Å². The van der Waals surface area contributed by atoms with Crippen molar-refractivity contribution in [1.29, 1.82) is 0 Å². The first-order valence-corrected chi connectivity index (χ1v) is 7.77. The highest BCUT2D eigenvalue weighted by Crippen LogP contribution is 1.66. The fraction of sp³-hybridized carbons (Fsp3) is 1.00. The van der Waals surface area contributed by atoms with Crippen LogP contribution in [-0.4, -0.2) is 107 Å². The van der Waals surface area contributed by atoms with Gasteiger partial charge in [-0.1, -0.05) is 0 Å². The van der Waals surface area contributed by atoms with Crippen LogP contribution in [0.3, 0.4) is 0 Å². The van der Waals surface area contributed by atoms with E-state index in [0.717, 1.165) is 6.49 Å². The van der Waals surface area contributed by atoms with Gasteiger partial charge in [0.2, 0.25) is 0 Å². The van der Waals surface area contributed by atoms with E-state index in [9.17, 15) is 0 Å². The summed E-state index contributed by atoms with van der Waals surface area (Å²) in [7, 11) is 22.1. The molecule has 16 heavy (non-hydrogen) atoms. The maximum atomic E-state index is 2.33. The normalized spacial score (nSPS) is 7.56. The summed E-state index contributed by atoms with van der Waals surface area (Å²) in [5.41, 5.74) is 0. The fourth-order valence-corrected chi connectivity index (χ4v) is 2.22. The average Bonchev–Trinajstić information content (AvgIpc) is 2.25. The zero-order valence-corrected chi connectivity index (χ0v) is 12.1. The molecule has 0 amide bonds. The number of rotatable bonds is 12. The highest BCUT2D eigenvalue weighted by Gasteiger charge is 2.04. The average molecular weight is 193 g/mol. The van der Waals surface area contributed by atoms with Crippen LogP contribution in [0.4, 0.5) is 0 Å². The molecule has 0 aromatic heterocycles. The van der Waals surface area contributed by atoms with Crippen LogP contribution in [0.25, 0.3) is 0 Å². The smallest absolute Gasteiger partial charge is 0.0637 e. The molecule has 0 heterocycles. The third-order valence-corrected chi connectivity index (χ3v) is 3.39. The highest BCUT2D eigenvalue weighted by atomic mass is 13.0. The van der Waals surface area contributed by atoms with Crippen LogP contribution in [0.15, 0.2) is 0 Å². The lowest BCUT2D eigenvalue weighted by molar-refractivity contribution is 2.34. The maximum Gasteiger partial charge on any atom is 0.0637 e. The van der Waals surface area contributed by atoms with E-state index in [1.54, 1.807) is 0 Å². The van der Waals surface area contributed by atoms with Crippen molar-refractivity contribution in [3.8, 4) is 0 Å². The van der Waals surface area contributed by atoms with E-state index < -0.39 is 0 Å². The van der Waals surface area contributed by atoms with Crippen molar-refractivity contribution in [1.82, 2.24) is 0 Å². The van der Waals surface area contributed by atoms with Crippen molar-refractivity contribution in [2.75, 3.05) is 0 Å². The molecule has 0 aromatic carbocycles. The summed E-state index contributed by atoms with van der Waals surface area (Å²) in [6, 6.07) is 0. The number of hydrogen-bond acceptors (Lipinski definition) is 0.